The molecule has 1 aromatic heterocycles. The first kappa shape index (κ1) is 8.00. The maximum Gasteiger partial charge on any atom is 0.0961 e. The Balaban J connectivity index is 2.12. The summed E-state index contributed by atoms with van der Waals surface area (Å²) in [6.07, 6.45) is 3.61. The van der Waals surface area contributed by atoms with Gasteiger partial charge in [0.15, 0.2) is 0 Å². The number of imidazole rings is 1. The summed E-state index contributed by atoms with van der Waals surface area (Å²) in [4.78, 5) is 4.31. The van der Waals surface area contributed by atoms with E-state index in [0.717, 1.165) is 23.9 Å². The number of aromatic nitrogens is 2. The summed E-state index contributed by atoms with van der Waals surface area (Å²) in [5.74, 6) is 0. The molecule has 1 saturated carbocycles. The first-order valence-corrected chi connectivity index (χ1v) is 4.96. The Morgan fingerprint density at radius 1 is 1.29 bits per heavy atom. The quantitative estimate of drug-likeness (QED) is 0.740. The summed E-state index contributed by atoms with van der Waals surface area (Å²) in [5.41, 5.74) is 2.13. The van der Waals surface area contributed by atoms with E-state index < -0.39 is 0 Å². The summed E-state index contributed by atoms with van der Waals surface area (Å²) in [5, 5.41) is 9.59. The van der Waals surface area contributed by atoms with E-state index in [1.165, 1.54) is 0 Å². The van der Waals surface area contributed by atoms with E-state index in [-0.39, 0.29) is 12.1 Å². The standard InChI is InChI=1S/C11H12N2O/c14-11-6-5-10(11)13-7-12-8-3-1-2-4-9(8)13/h1-4,7,10-11,14H,5-6H2/t10-,11-/m1/s1. The van der Waals surface area contributed by atoms with Gasteiger partial charge in [-0.05, 0) is 25.0 Å². The number of rotatable bonds is 1. The highest BCUT2D eigenvalue weighted by Crippen LogP contribution is 2.34. The second-order valence-corrected chi connectivity index (χ2v) is 3.85. The van der Waals surface area contributed by atoms with Crippen LogP contribution < -0.4 is 0 Å². The molecule has 0 bridgehead atoms. The lowest BCUT2D eigenvalue weighted by Crippen LogP contribution is -2.33. The van der Waals surface area contributed by atoms with Crippen LogP contribution in [0.5, 0.6) is 0 Å². The van der Waals surface area contributed by atoms with Gasteiger partial charge in [-0.1, -0.05) is 12.1 Å². The van der Waals surface area contributed by atoms with Crippen molar-refractivity contribution in [2.24, 2.45) is 0 Å². The summed E-state index contributed by atoms with van der Waals surface area (Å²) in [7, 11) is 0. The van der Waals surface area contributed by atoms with Crippen molar-refractivity contribution in [2.45, 2.75) is 25.0 Å². The predicted molar refractivity (Wildman–Crippen MR) is 54.0 cm³/mol. The molecule has 1 N–H and O–H groups in total. The average molecular weight is 188 g/mol. The fourth-order valence-electron chi connectivity index (χ4n) is 2.03. The molecular formula is C11H12N2O. The SMILES string of the molecule is O[C@@H]1CC[C@H]1n1cnc2ccccc21. The molecule has 0 saturated heterocycles. The van der Waals surface area contributed by atoms with Crippen LogP contribution in [0.15, 0.2) is 30.6 Å². The molecule has 0 amide bonds. The molecule has 1 aliphatic carbocycles. The third-order valence-corrected chi connectivity index (χ3v) is 3.04. The molecule has 0 unspecified atom stereocenters. The predicted octanol–water partition coefficient (Wildman–Crippen LogP) is 1.73. The van der Waals surface area contributed by atoms with Gasteiger partial charge in [0.25, 0.3) is 0 Å². The minimum Gasteiger partial charge on any atom is -0.391 e. The zero-order valence-electron chi connectivity index (χ0n) is 7.80. The summed E-state index contributed by atoms with van der Waals surface area (Å²) in [6, 6.07) is 8.27. The molecule has 2 aromatic rings. The van der Waals surface area contributed by atoms with Gasteiger partial charge in [0.1, 0.15) is 0 Å². The fourth-order valence-corrected chi connectivity index (χ4v) is 2.03. The second kappa shape index (κ2) is 2.82. The van der Waals surface area contributed by atoms with Crippen LogP contribution in [-0.4, -0.2) is 20.8 Å². The zero-order chi connectivity index (χ0) is 9.54. The minimum absolute atomic E-state index is 0.187. The lowest BCUT2D eigenvalue weighted by atomic mass is 9.89. The van der Waals surface area contributed by atoms with Crippen LogP contribution in [0.1, 0.15) is 18.9 Å². The maximum absolute atomic E-state index is 9.59. The minimum atomic E-state index is -0.187. The first-order valence-electron chi connectivity index (χ1n) is 4.96. The van der Waals surface area contributed by atoms with Gasteiger partial charge >= 0.3 is 0 Å². The van der Waals surface area contributed by atoms with E-state index in [9.17, 15) is 5.11 Å². The van der Waals surface area contributed by atoms with Crippen molar-refractivity contribution in [1.29, 1.82) is 0 Å². The van der Waals surface area contributed by atoms with E-state index in [1.807, 2.05) is 30.6 Å². The molecule has 14 heavy (non-hydrogen) atoms. The van der Waals surface area contributed by atoms with E-state index in [2.05, 4.69) is 9.55 Å². The summed E-state index contributed by atoms with van der Waals surface area (Å²) in [6.45, 7) is 0. The molecule has 2 atom stereocenters. The van der Waals surface area contributed by atoms with Crippen molar-refractivity contribution in [2.75, 3.05) is 0 Å². The van der Waals surface area contributed by atoms with Crippen LogP contribution in [0, 0.1) is 0 Å². The molecular weight excluding hydrogens is 176 g/mol. The number of aliphatic hydroxyl groups is 1. The Morgan fingerprint density at radius 2 is 2.14 bits per heavy atom. The third-order valence-electron chi connectivity index (χ3n) is 3.04. The molecule has 1 aliphatic rings. The highest BCUT2D eigenvalue weighted by atomic mass is 16.3. The Labute approximate surface area is 82.0 Å². The number of benzene rings is 1. The van der Waals surface area contributed by atoms with E-state index in [1.54, 1.807) is 0 Å². The van der Waals surface area contributed by atoms with Crippen LogP contribution >= 0.6 is 0 Å². The number of nitrogens with zero attached hydrogens (tertiary/aromatic N) is 2. The van der Waals surface area contributed by atoms with Crippen LogP contribution in [0.25, 0.3) is 11.0 Å². The van der Waals surface area contributed by atoms with Crippen molar-refractivity contribution in [3.05, 3.63) is 30.6 Å². The summed E-state index contributed by atoms with van der Waals surface area (Å²) >= 11 is 0. The van der Waals surface area contributed by atoms with E-state index in [4.69, 9.17) is 0 Å². The van der Waals surface area contributed by atoms with Gasteiger partial charge in [-0.25, -0.2) is 4.98 Å². The third kappa shape index (κ3) is 0.990. The lowest BCUT2D eigenvalue weighted by molar-refractivity contribution is 0.0336. The molecule has 0 radical (unpaired) electrons. The first-order chi connectivity index (χ1) is 6.86. The normalized spacial score (nSPS) is 26.4. The van der Waals surface area contributed by atoms with Crippen molar-refractivity contribution in [3.8, 4) is 0 Å². The molecule has 3 heteroatoms. The van der Waals surface area contributed by atoms with Gasteiger partial charge in [0.2, 0.25) is 0 Å². The van der Waals surface area contributed by atoms with Crippen molar-refractivity contribution >= 4 is 11.0 Å². The largest absolute Gasteiger partial charge is 0.391 e. The lowest BCUT2D eigenvalue weighted by Gasteiger charge is -2.33. The number of hydrogen-bond acceptors (Lipinski definition) is 2. The molecule has 72 valence electrons. The smallest absolute Gasteiger partial charge is 0.0961 e. The van der Waals surface area contributed by atoms with Gasteiger partial charge in [-0.15, -0.1) is 0 Å². The van der Waals surface area contributed by atoms with Gasteiger partial charge in [-0.3, -0.25) is 0 Å². The highest BCUT2D eigenvalue weighted by molar-refractivity contribution is 5.75. The van der Waals surface area contributed by atoms with Gasteiger partial charge in [0, 0.05) is 0 Å². The Bertz CT molecular complexity index is 463. The molecule has 1 fully saturated rings. The van der Waals surface area contributed by atoms with Crippen LogP contribution in [0.3, 0.4) is 0 Å². The average Bonchev–Trinajstić information content (AvgIpc) is 2.60. The Kier molecular flexibility index (Phi) is 1.61. The van der Waals surface area contributed by atoms with Crippen LogP contribution in [0.4, 0.5) is 0 Å². The molecule has 0 aliphatic heterocycles. The summed E-state index contributed by atoms with van der Waals surface area (Å²) < 4.78 is 2.09. The number of hydrogen-bond donors (Lipinski definition) is 1. The molecule has 3 nitrogen and oxygen atoms in total. The number of fused-ring (bicyclic) bond motifs is 1. The fraction of sp³-hybridized carbons (Fsp3) is 0.364. The van der Waals surface area contributed by atoms with Gasteiger partial charge < -0.3 is 9.67 Å². The van der Waals surface area contributed by atoms with Gasteiger partial charge in [-0.2, -0.15) is 0 Å². The molecule has 1 aromatic carbocycles. The molecule has 3 rings (SSSR count). The number of aliphatic hydroxyl groups excluding tert-OH is 1. The van der Waals surface area contributed by atoms with Crippen LogP contribution in [-0.2, 0) is 0 Å². The van der Waals surface area contributed by atoms with E-state index >= 15 is 0 Å². The van der Waals surface area contributed by atoms with Crippen molar-refractivity contribution < 1.29 is 5.11 Å². The van der Waals surface area contributed by atoms with Crippen LogP contribution in [0.2, 0.25) is 0 Å². The number of para-hydroxylation sites is 2. The second-order valence-electron chi connectivity index (χ2n) is 3.85. The Hall–Kier alpha value is -1.35. The monoisotopic (exact) mass is 188 g/mol. The maximum atomic E-state index is 9.59. The highest BCUT2D eigenvalue weighted by Gasteiger charge is 2.30. The topological polar surface area (TPSA) is 38.0 Å². The van der Waals surface area contributed by atoms with Crippen molar-refractivity contribution in [3.63, 3.8) is 0 Å². The van der Waals surface area contributed by atoms with Crippen molar-refractivity contribution in [1.82, 2.24) is 9.55 Å². The van der Waals surface area contributed by atoms with E-state index in [0.29, 0.717) is 0 Å². The molecule has 0 spiro atoms. The zero-order valence-corrected chi connectivity index (χ0v) is 7.80. The molecule has 1 heterocycles. The van der Waals surface area contributed by atoms with Gasteiger partial charge in [0.05, 0.1) is 29.5 Å². The Morgan fingerprint density at radius 3 is 2.86 bits per heavy atom.